The van der Waals surface area contributed by atoms with Crippen molar-refractivity contribution in [2.75, 3.05) is 0 Å². The maximum absolute atomic E-state index is 10.7. The number of allylic oxidation sites excluding steroid dienone is 1. The van der Waals surface area contributed by atoms with E-state index in [1.54, 1.807) is 6.92 Å². The molecule has 0 bridgehead atoms. The molecule has 0 aromatic carbocycles. The Labute approximate surface area is 76.1 Å². The quantitative estimate of drug-likeness (QED) is 0.373. The molecule has 0 aliphatic carbocycles. The zero-order valence-electron chi connectivity index (χ0n) is 7.28. The Bertz CT molecular complexity index is 239. The van der Waals surface area contributed by atoms with Gasteiger partial charge < -0.3 is 9.47 Å². The Morgan fingerprint density at radius 3 is 1.69 bits per heavy atom. The van der Waals surface area contributed by atoms with E-state index in [1.165, 1.54) is 6.08 Å². The fourth-order valence-electron chi connectivity index (χ4n) is 0.420. The topological polar surface area (TPSA) is 52.6 Å². The second kappa shape index (κ2) is 5.77. The minimum atomic E-state index is -0.690. The van der Waals surface area contributed by atoms with Gasteiger partial charge in [0.2, 0.25) is 0 Å². The maximum atomic E-state index is 10.7. The van der Waals surface area contributed by atoms with E-state index in [0.717, 1.165) is 12.2 Å². The average molecular weight is 182 g/mol. The molecular weight excluding hydrogens is 172 g/mol. The summed E-state index contributed by atoms with van der Waals surface area (Å²) in [5.41, 5.74) is 0. The summed E-state index contributed by atoms with van der Waals surface area (Å²) in [6, 6.07) is 0. The zero-order chi connectivity index (χ0) is 10.3. The second-order valence-corrected chi connectivity index (χ2v) is 1.86. The molecule has 0 aliphatic heterocycles. The molecule has 0 atom stereocenters. The van der Waals surface area contributed by atoms with Crippen molar-refractivity contribution in [2.24, 2.45) is 0 Å². The second-order valence-electron chi connectivity index (χ2n) is 1.86. The first-order valence-electron chi connectivity index (χ1n) is 3.48. The lowest BCUT2D eigenvalue weighted by atomic mass is 10.6. The minimum Gasteiger partial charge on any atom is -0.390 e. The normalized spacial score (nSPS) is 8.08. The molecule has 0 saturated carbocycles. The number of hydrogen-bond acceptors (Lipinski definition) is 4. The minimum absolute atomic E-state index is 0.185. The summed E-state index contributed by atoms with van der Waals surface area (Å²) in [5, 5.41) is 0. The fraction of sp³-hybridized carbons (Fsp3) is 0.111. The largest absolute Gasteiger partial charge is 0.390 e. The van der Waals surface area contributed by atoms with Crippen molar-refractivity contribution >= 4 is 11.9 Å². The highest BCUT2D eigenvalue weighted by molar-refractivity contribution is 5.84. The Morgan fingerprint density at radius 2 is 1.46 bits per heavy atom. The van der Waals surface area contributed by atoms with Crippen LogP contribution in [0.3, 0.4) is 0 Å². The van der Waals surface area contributed by atoms with Crippen LogP contribution in [0.15, 0.2) is 37.3 Å². The number of ether oxygens (including phenoxy) is 2. The van der Waals surface area contributed by atoms with Crippen molar-refractivity contribution in [2.45, 2.75) is 6.92 Å². The number of carbonyl (C=O) groups is 2. The SMILES string of the molecule is C=CC(=O)OC(=CC)OC(=O)C=C. The molecule has 4 nitrogen and oxygen atoms in total. The lowest BCUT2D eigenvalue weighted by molar-refractivity contribution is -0.147. The van der Waals surface area contributed by atoms with E-state index in [4.69, 9.17) is 0 Å². The van der Waals surface area contributed by atoms with E-state index < -0.39 is 11.9 Å². The summed E-state index contributed by atoms with van der Waals surface area (Å²) in [4.78, 5) is 21.3. The monoisotopic (exact) mass is 182 g/mol. The van der Waals surface area contributed by atoms with Gasteiger partial charge in [-0.05, 0) is 13.0 Å². The first-order chi connectivity index (χ1) is 6.13. The van der Waals surface area contributed by atoms with Crippen molar-refractivity contribution < 1.29 is 19.1 Å². The van der Waals surface area contributed by atoms with Gasteiger partial charge in [-0.15, -0.1) is 0 Å². The van der Waals surface area contributed by atoms with Gasteiger partial charge in [-0.1, -0.05) is 13.2 Å². The van der Waals surface area contributed by atoms with Crippen LogP contribution in [0.5, 0.6) is 0 Å². The third-order valence-electron chi connectivity index (χ3n) is 0.971. The van der Waals surface area contributed by atoms with Crippen LogP contribution in [0.25, 0.3) is 0 Å². The molecule has 0 saturated heterocycles. The summed E-state index contributed by atoms with van der Waals surface area (Å²) < 4.78 is 9.07. The molecule has 13 heavy (non-hydrogen) atoms. The fourth-order valence-corrected chi connectivity index (χ4v) is 0.420. The van der Waals surface area contributed by atoms with E-state index in [0.29, 0.717) is 0 Å². The van der Waals surface area contributed by atoms with Gasteiger partial charge >= 0.3 is 11.9 Å². The van der Waals surface area contributed by atoms with Crippen molar-refractivity contribution in [3.8, 4) is 0 Å². The van der Waals surface area contributed by atoms with E-state index >= 15 is 0 Å². The zero-order valence-corrected chi connectivity index (χ0v) is 7.28. The van der Waals surface area contributed by atoms with Crippen LogP contribution in [0, 0.1) is 0 Å². The summed E-state index contributed by atoms with van der Waals surface area (Å²) in [6.07, 6.45) is 3.26. The molecule has 0 aromatic rings. The number of hydrogen-bond donors (Lipinski definition) is 0. The maximum Gasteiger partial charge on any atom is 0.337 e. The average Bonchev–Trinajstić information content (AvgIpc) is 2.16. The van der Waals surface area contributed by atoms with Gasteiger partial charge in [0.15, 0.2) is 0 Å². The van der Waals surface area contributed by atoms with Crippen LogP contribution in [0.1, 0.15) is 6.92 Å². The van der Waals surface area contributed by atoms with Crippen LogP contribution in [-0.4, -0.2) is 11.9 Å². The molecule has 4 heteroatoms. The molecule has 0 N–H and O–H groups in total. The number of esters is 2. The Balaban J connectivity index is 4.21. The Morgan fingerprint density at radius 1 is 1.08 bits per heavy atom. The predicted octanol–water partition coefficient (Wildman–Crippen LogP) is 1.31. The lowest BCUT2D eigenvalue weighted by Gasteiger charge is -2.04. The highest BCUT2D eigenvalue weighted by Crippen LogP contribution is 2.01. The van der Waals surface area contributed by atoms with Crippen LogP contribution in [-0.2, 0) is 19.1 Å². The highest BCUT2D eigenvalue weighted by atomic mass is 16.7. The van der Waals surface area contributed by atoms with Crippen molar-refractivity contribution in [3.05, 3.63) is 37.3 Å². The van der Waals surface area contributed by atoms with E-state index in [1.807, 2.05) is 0 Å². The molecule has 0 amide bonds. The van der Waals surface area contributed by atoms with Crippen molar-refractivity contribution in [1.82, 2.24) is 0 Å². The van der Waals surface area contributed by atoms with Crippen LogP contribution < -0.4 is 0 Å². The third-order valence-corrected chi connectivity index (χ3v) is 0.971. The van der Waals surface area contributed by atoms with E-state index in [9.17, 15) is 9.59 Å². The lowest BCUT2D eigenvalue weighted by Crippen LogP contribution is -2.07. The molecular formula is C9H10O4. The Hall–Kier alpha value is -1.84. The predicted molar refractivity (Wildman–Crippen MR) is 46.3 cm³/mol. The molecule has 0 aromatic heterocycles. The molecule has 0 radical (unpaired) electrons. The van der Waals surface area contributed by atoms with Gasteiger partial charge in [-0.3, -0.25) is 0 Å². The molecule has 0 heterocycles. The summed E-state index contributed by atoms with van der Waals surface area (Å²) in [5.74, 6) is -1.57. The standard InChI is InChI=1S/C9H10O4/c1-4-7(10)12-9(6-3)13-8(11)5-2/h4-6H,1-2H2,3H3. The first-order valence-corrected chi connectivity index (χ1v) is 3.48. The smallest absolute Gasteiger partial charge is 0.337 e. The first kappa shape index (κ1) is 11.2. The van der Waals surface area contributed by atoms with Gasteiger partial charge in [0.1, 0.15) is 0 Å². The van der Waals surface area contributed by atoms with Crippen LogP contribution in [0.4, 0.5) is 0 Å². The van der Waals surface area contributed by atoms with Crippen LogP contribution >= 0.6 is 0 Å². The van der Waals surface area contributed by atoms with E-state index in [-0.39, 0.29) is 5.95 Å². The summed E-state index contributed by atoms with van der Waals surface area (Å²) in [7, 11) is 0. The molecule has 0 rings (SSSR count). The highest BCUT2D eigenvalue weighted by Gasteiger charge is 2.06. The molecule has 0 aliphatic rings. The molecule has 0 unspecified atom stereocenters. The summed E-state index contributed by atoms with van der Waals surface area (Å²) in [6.45, 7) is 7.93. The number of carbonyl (C=O) groups excluding carboxylic acids is 2. The van der Waals surface area contributed by atoms with Crippen LogP contribution in [0.2, 0.25) is 0 Å². The van der Waals surface area contributed by atoms with Crippen molar-refractivity contribution in [3.63, 3.8) is 0 Å². The Kier molecular flexibility index (Phi) is 4.95. The molecule has 0 spiro atoms. The van der Waals surface area contributed by atoms with Gasteiger partial charge in [0, 0.05) is 12.2 Å². The molecule has 0 fully saturated rings. The van der Waals surface area contributed by atoms with Gasteiger partial charge in [-0.25, -0.2) is 9.59 Å². The van der Waals surface area contributed by atoms with Crippen molar-refractivity contribution in [1.29, 1.82) is 0 Å². The van der Waals surface area contributed by atoms with Gasteiger partial charge in [0.25, 0.3) is 5.95 Å². The van der Waals surface area contributed by atoms with Gasteiger partial charge in [-0.2, -0.15) is 0 Å². The summed E-state index contributed by atoms with van der Waals surface area (Å²) >= 11 is 0. The van der Waals surface area contributed by atoms with E-state index in [2.05, 4.69) is 22.6 Å². The van der Waals surface area contributed by atoms with Gasteiger partial charge in [0.05, 0.1) is 0 Å². The third kappa shape index (κ3) is 4.58. The number of rotatable bonds is 4. The molecule has 70 valence electrons.